The fourth-order valence-corrected chi connectivity index (χ4v) is 2.71. The molecule has 1 unspecified atom stereocenters. The van der Waals surface area contributed by atoms with Crippen molar-refractivity contribution in [3.05, 3.63) is 63.9 Å². The molecule has 1 N–H and O–H groups in total. The van der Waals surface area contributed by atoms with Gasteiger partial charge in [-0.2, -0.15) is 0 Å². The summed E-state index contributed by atoms with van der Waals surface area (Å²) in [6.07, 6.45) is 3.53. The molecule has 0 saturated carbocycles. The summed E-state index contributed by atoms with van der Waals surface area (Å²) in [5.41, 5.74) is 1.69. The molecule has 1 aromatic carbocycles. The number of benzene rings is 1. The molecule has 0 spiro atoms. The Bertz CT molecular complexity index is 680. The summed E-state index contributed by atoms with van der Waals surface area (Å²) in [5.74, 6) is -0.00185. The van der Waals surface area contributed by atoms with Crippen LogP contribution in [0.2, 0.25) is 10.0 Å². The standard InChI is InChI=1S/C18H20Cl2N2O2/c1-2-18(24)22(12-17(23)14-4-3-8-21-11-14)9-7-13-5-6-15(19)16(20)10-13/h3-6,8,10-11,17,23H,2,7,9,12H2,1H3. The summed E-state index contributed by atoms with van der Waals surface area (Å²) in [6.45, 7) is 2.55. The fourth-order valence-electron chi connectivity index (χ4n) is 2.39. The topological polar surface area (TPSA) is 53.4 Å². The lowest BCUT2D eigenvalue weighted by atomic mass is 10.1. The first-order valence-electron chi connectivity index (χ1n) is 7.81. The van der Waals surface area contributed by atoms with Crippen LogP contribution in [-0.4, -0.2) is 34.0 Å². The highest BCUT2D eigenvalue weighted by molar-refractivity contribution is 6.42. The second-order valence-corrected chi connectivity index (χ2v) is 6.31. The number of halogens is 2. The van der Waals surface area contributed by atoms with Gasteiger partial charge in [-0.3, -0.25) is 9.78 Å². The smallest absolute Gasteiger partial charge is 0.222 e. The van der Waals surface area contributed by atoms with Gasteiger partial charge in [0.2, 0.25) is 5.91 Å². The van der Waals surface area contributed by atoms with E-state index >= 15 is 0 Å². The van der Waals surface area contributed by atoms with Crippen LogP contribution in [0.3, 0.4) is 0 Å². The molecule has 0 saturated heterocycles. The van der Waals surface area contributed by atoms with Gasteiger partial charge in [0.25, 0.3) is 0 Å². The molecule has 24 heavy (non-hydrogen) atoms. The van der Waals surface area contributed by atoms with Crippen LogP contribution in [0.15, 0.2) is 42.7 Å². The summed E-state index contributed by atoms with van der Waals surface area (Å²) in [7, 11) is 0. The summed E-state index contributed by atoms with van der Waals surface area (Å²) >= 11 is 11.9. The second-order valence-electron chi connectivity index (χ2n) is 5.49. The van der Waals surface area contributed by atoms with Gasteiger partial charge in [0.05, 0.1) is 22.7 Å². The van der Waals surface area contributed by atoms with E-state index in [1.54, 1.807) is 41.6 Å². The Kier molecular flexibility index (Phi) is 7.03. The highest BCUT2D eigenvalue weighted by Crippen LogP contribution is 2.23. The first kappa shape index (κ1) is 18.7. The lowest BCUT2D eigenvalue weighted by Gasteiger charge is -2.25. The number of hydrogen-bond acceptors (Lipinski definition) is 3. The number of carbonyl (C=O) groups excluding carboxylic acids is 1. The molecule has 1 heterocycles. The van der Waals surface area contributed by atoms with E-state index in [-0.39, 0.29) is 12.5 Å². The van der Waals surface area contributed by atoms with Gasteiger partial charge >= 0.3 is 0 Å². The van der Waals surface area contributed by atoms with Gasteiger partial charge < -0.3 is 10.0 Å². The van der Waals surface area contributed by atoms with E-state index in [1.165, 1.54) is 0 Å². The van der Waals surface area contributed by atoms with Crippen molar-refractivity contribution in [1.82, 2.24) is 9.88 Å². The van der Waals surface area contributed by atoms with Crippen molar-refractivity contribution in [2.45, 2.75) is 25.9 Å². The molecule has 6 heteroatoms. The molecular formula is C18H20Cl2N2O2. The van der Waals surface area contributed by atoms with Crippen molar-refractivity contribution in [1.29, 1.82) is 0 Å². The first-order chi connectivity index (χ1) is 11.5. The van der Waals surface area contributed by atoms with Gasteiger partial charge in [-0.05, 0) is 30.2 Å². The molecular weight excluding hydrogens is 347 g/mol. The molecule has 128 valence electrons. The molecule has 0 aliphatic carbocycles. The minimum absolute atomic E-state index is 0.00185. The first-order valence-corrected chi connectivity index (χ1v) is 8.56. The van der Waals surface area contributed by atoms with E-state index in [0.29, 0.717) is 35.0 Å². The Morgan fingerprint density at radius 1 is 1.29 bits per heavy atom. The monoisotopic (exact) mass is 366 g/mol. The van der Waals surface area contributed by atoms with Crippen molar-refractivity contribution >= 4 is 29.1 Å². The van der Waals surface area contributed by atoms with Crippen molar-refractivity contribution in [2.24, 2.45) is 0 Å². The van der Waals surface area contributed by atoms with Crippen LogP contribution in [0.1, 0.15) is 30.6 Å². The largest absolute Gasteiger partial charge is 0.386 e. The SMILES string of the molecule is CCC(=O)N(CCc1ccc(Cl)c(Cl)c1)CC(O)c1cccnc1. The number of aromatic nitrogens is 1. The summed E-state index contributed by atoms with van der Waals surface area (Å²) in [4.78, 5) is 17.8. The van der Waals surface area contributed by atoms with Crippen LogP contribution >= 0.6 is 23.2 Å². The van der Waals surface area contributed by atoms with Crippen molar-refractivity contribution in [3.8, 4) is 0 Å². The van der Waals surface area contributed by atoms with Crippen LogP contribution in [0.25, 0.3) is 0 Å². The van der Waals surface area contributed by atoms with Crippen molar-refractivity contribution in [2.75, 3.05) is 13.1 Å². The molecule has 2 aromatic rings. The third-order valence-electron chi connectivity index (χ3n) is 3.77. The summed E-state index contributed by atoms with van der Waals surface area (Å²) < 4.78 is 0. The maximum atomic E-state index is 12.2. The number of rotatable bonds is 7. The maximum absolute atomic E-state index is 12.2. The molecule has 1 amide bonds. The Morgan fingerprint density at radius 3 is 2.71 bits per heavy atom. The molecule has 2 rings (SSSR count). The summed E-state index contributed by atoms with van der Waals surface area (Å²) in [6, 6.07) is 9.00. The minimum atomic E-state index is -0.761. The Hall–Kier alpha value is -1.62. The summed E-state index contributed by atoms with van der Waals surface area (Å²) in [5, 5.41) is 11.3. The van der Waals surface area contributed by atoms with Crippen LogP contribution in [0, 0.1) is 0 Å². The predicted octanol–water partition coefficient (Wildman–Crippen LogP) is 3.90. The van der Waals surface area contributed by atoms with E-state index in [4.69, 9.17) is 23.2 Å². The Labute approximate surface area is 152 Å². The third-order valence-corrected chi connectivity index (χ3v) is 4.51. The average Bonchev–Trinajstić information content (AvgIpc) is 2.61. The zero-order valence-electron chi connectivity index (χ0n) is 13.5. The molecule has 0 bridgehead atoms. The normalized spacial score (nSPS) is 12.0. The van der Waals surface area contributed by atoms with Crippen molar-refractivity contribution in [3.63, 3.8) is 0 Å². The molecule has 1 aromatic heterocycles. The highest BCUT2D eigenvalue weighted by Gasteiger charge is 2.17. The van der Waals surface area contributed by atoms with Gasteiger partial charge in [0.15, 0.2) is 0 Å². The van der Waals surface area contributed by atoms with E-state index in [9.17, 15) is 9.90 Å². The fraction of sp³-hybridized carbons (Fsp3) is 0.333. The van der Waals surface area contributed by atoms with E-state index in [1.807, 2.05) is 13.0 Å². The highest BCUT2D eigenvalue weighted by atomic mass is 35.5. The predicted molar refractivity (Wildman–Crippen MR) is 96.2 cm³/mol. The molecule has 0 radical (unpaired) electrons. The maximum Gasteiger partial charge on any atom is 0.222 e. The number of nitrogens with zero attached hydrogens (tertiary/aromatic N) is 2. The van der Waals surface area contributed by atoms with Gasteiger partial charge in [-0.15, -0.1) is 0 Å². The third kappa shape index (κ3) is 5.20. The minimum Gasteiger partial charge on any atom is -0.386 e. The molecule has 4 nitrogen and oxygen atoms in total. The van der Waals surface area contributed by atoms with E-state index < -0.39 is 6.10 Å². The Morgan fingerprint density at radius 2 is 2.08 bits per heavy atom. The zero-order valence-corrected chi connectivity index (χ0v) is 15.0. The lowest BCUT2D eigenvalue weighted by Crippen LogP contribution is -2.36. The number of pyridine rings is 1. The van der Waals surface area contributed by atoms with Crippen LogP contribution in [0.4, 0.5) is 0 Å². The number of aliphatic hydroxyl groups excluding tert-OH is 1. The lowest BCUT2D eigenvalue weighted by molar-refractivity contribution is -0.132. The molecule has 0 aliphatic heterocycles. The van der Waals surface area contributed by atoms with Gasteiger partial charge in [0.1, 0.15) is 0 Å². The molecule has 0 aliphatic rings. The van der Waals surface area contributed by atoms with Crippen LogP contribution < -0.4 is 0 Å². The van der Waals surface area contributed by atoms with Gasteiger partial charge in [-0.1, -0.05) is 42.3 Å². The van der Waals surface area contributed by atoms with E-state index in [0.717, 1.165) is 5.56 Å². The van der Waals surface area contributed by atoms with Gasteiger partial charge in [0, 0.05) is 30.9 Å². The Balaban J connectivity index is 2.02. The second kappa shape index (κ2) is 9.02. The molecule has 1 atom stereocenters. The number of amides is 1. The van der Waals surface area contributed by atoms with Gasteiger partial charge in [-0.25, -0.2) is 0 Å². The average molecular weight is 367 g/mol. The van der Waals surface area contributed by atoms with Crippen molar-refractivity contribution < 1.29 is 9.90 Å². The quantitative estimate of drug-likeness (QED) is 0.808. The number of aliphatic hydroxyl groups is 1. The zero-order chi connectivity index (χ0) is 17.5. The van der Waals surface area contributed by atoms with Crippen LogP contribution in [0.5, 0.6) is 0 Å². The molecule has 0 fully saturated rings. The number of hydrogen-bond donors (Lipinski definition) is 1. The van der Waals surface area contributed by atoms with E-state index in [2.05, 4.69) is 4.98 Å². The number of carbonyl (C=O) groups is 1. The van der Waals surface area contributed by atoms with Crippen LogP contribution in [-0.2, 0) is 11.2 Å².